The van der Waals surface area contributed by atoms with E-state index in [1.165, 1.54) is 6.92 Å². The lowest BCUT2D eigenvalue weighted by Crippen LogP contribution is -2.38. The van der Waals surface area contributed by atoms with Crippen LogP contribution < -0.4 is 0 Å². The summed E-state index contributed by atoms with van der Waals surface area (Å²) in [4.78, 5) is 9.53. The fraction of sp³-hybridized carbons (Fsp3) is 0.455. The summed E-state index contributed by atoms with van der Waals surface area (Å²) in [5.41, 5.74) is -7.07. The highest BCUT2D eigenvalue weighted by Gasteiger charge is 2.67. The maximum Gasteiger partial charge on any atom is 0.387 e. The SMILES string of the molecule is CCOP(C)(=O)C(F)(F)C(F)(F)c1cccc([N+](=O)[O-])c1. The zero-order valence-corrected chi connectivity index (χ0v) is 12.0. The number of nitro groups is 1. The zero-order valence-electron chi connectivity index (χ0n) is 11.1. The minimum atomic E-state index is -4.99. The Bertz CT molecular complexity index is 593. The van der Waals surface area contributed by atoms with Crippen molar-refractivity contribution in [2.75, 3.05) is 13.3 Å². The highest BCUT2D eigenvalue weighted by molar-refractivity contribution is 7.59. The average Bonchev–Trinajstić information content (AvgIpc) is 2.38. The molecule has 10 heteroatoms. The zero-order chi connectivity index (χ0) is 16.5. The molecule has 1 rings (SSSR count). The molecule has 0 spiro atoms. The molecule has 1 atom stereocenters. The summed E-state index contributed by atoms with van der Waals surface area (Å²) in [6.45, 7) is 1.20. The largest absolute Gasteiger partial charge is 0.387 e. The van der Waals surface area contributed by atoms with Gasteiger partial charge in [-0.2, -0.15) is 17.6 Å². The molecule has 0 heterocycles. The molecular formula is C11H12F4NO4P. The van der Waals surface area contributed by atoms with Crippen molar-refractivity contribution < 1.29 is 31.6 Å². The number of nitro benzene ring substituents is 1. The van der Waals surface area contributed by atoms with Crippen LogP contribution in [0, 0.1) is 10.1 Å². The number of benzene rings is 1. The van der Waals surface area contributed by atoms with E-state index in [1.54, 1.807) is 0 Å². The Kier molecular flexibility index (Phi) is 4.80. The van der Waals surface area contributed by atoms with Crippen LogP contribution in [0.2, 0.25) is 0 Å². The second-order valence-electron chi connectivity index (χ2n) is 4.19. The normalized spacial score (nSPS) is 15.5. The molecule has 118 valence electrons. The lowest BCUT2D eigenvalue weighted by atomic mass is 10.1. The number of non-ortho nitro benzene ring substituents is 1. The molecule has 1 aromatic rings. The molecule has 0 aliphatic carbocycles. The fourth-order valence-corrected chi connectivity index (χ4v) is 2.87. The predicted octanol–water partition coefficient (Wildman–Crippen LogP) is 4.22. The van der Waals surface area contributed by atoms with Crippen molar-refractivity contribution in [3.05, 3.63) is 39.9 Å². The van der Waals surface area contributed by atoms with Crippen molar-refractivity contribution in [3.63, 3.8) is 0 Å². The van der Waals surface area contributed by atoms with Crippen molar-refractivity contribution in [1.82, 2.24) is 0 Å². The first-order chi connectivity index (χ1) is 9.47. The van der Waals surface area contributed by atoms with Gasteiger partial charge in [0.05, 0.1) is 11.5 Å². The van der Waals surface area contributed by atoms with E-state index in [9.17, 15) is 32.2 Å². The maximum absolute atomic E-state index is 14.0. The van der Waals surface area contributed by atoms with E-state index in [4.69, 9.17) is 0 Å². The highest BCUT2D eigenvalue weighted by Crippen LogP contribution is 2.66. The van der Waals surface area contributed by atoms with Crippen LogP contribution in [0.5, 0.6) is 0 Å². The molecule has 1 unspecified atom stereocenters. The molecule has 0 bridgehead atoms. The van der Waals surface area contributed by atoms with Crippen molar-refractivity contribution >= 4 is 13.1 Å². The predicted molar refractivity (Wildman–Crippen MR) is 67.1 cm³/mol. The topological polar surface area (TPSA) is 69.4 Å². The van der Waals surface area contributed by atoms with Gasteiger partial charge in [0.15, 0.2) is 0 Å². The number of hydrogen-bond acceptors (Lipinski definition) is 4. The summed E-state index contributed by atoms with van der Waals surface area (Å²) >= 11 is 0. The van der Waals surface area contributed by atoms with Crippen LogP contribution in [-0.2, 0) is 15.0 Å². The lowest BCUT2D eigenvalue weighted by molar-refractivity contribution is -0.385. The molecule has 0 saturated heterocycles. The quantitative estimate of drug-likeness (QED) is 0.339. The number of hydrogen-bond donors (Lipinski definition) is 0. The van der Waals surface area contributed by atoms with Gasteiger partial charge < -0.3 is 4.52 Å². The van der Waals surface area contributed by atoms with E-state index >= 15 is 0 Å². The van der Waals surface area contributed by atoms with Gasteiger partial charge in [-0.3, -0.25) is 14.7 Å². The van der Waals surface area contributed by atoms with Gasteiger partial charge in [0.2, 0.25) is 0 Å². The van der Waals surface area contributed by atoms with Crippen molar-refractivity contribution in [2.24, 2.45) is 0 Å². The fourth-order valence-electron chi connectivity index (χ4n) is 1.57. The molecule has 0 fully saturated rings. The third-order valence-electron chi connectivity index (χ3n) is 2.68. The summed E-state index contributed by atoms with van der Waals surface area (Å²) in [6.07, 6.45) is 0. The molecule has 0 aliphatic heterocycles. The van der Waals surface area contributed by atoms with E-state index in [2.05, 4.69) is 4.52 Å². The molecule has 0 saturated carbocycles. The second kappa shape index (κ2) is 5.73. The number of alkyl halides is 4. The van der Waals surface area contributed by atoms with E-state index in [1.807, 2.05) is 0 Å². The highest BCUT2D eigenvalue weighted by atomic mass is 31.2. The van der Waals surface area contributed by atoms with Crippen LogP contribution >= 0.6 is 7.37 Å². The standard InChI is InChI=1S/C11H12F4NO4P/c1-3-20-21(2,19)11(14,15)10(12,13)8-5-4-6-9(7-8)16(17)18/h4-7H,3H2,1-2H3. The van der Waals surface area contributed by atoms with Crippen LogP contribution in [0.3, 0.4) is 0 Å². The Hall–Kier alpha value is -1.47. The van der Waals surface area contributed by atoms with E-state index in [0.717, 1.165) is 12.1 Å². The van der Waals surface area contributed by atoms with Crippen LogP contribution in [0.4, 0.5) is 23.2 Å². The monoisotopic (exact) mass is 329 g/mol. The van der Waals surface area contributed by atoms with E-state index in [0.29, 0.717) is 18.8 Å². The first kappa shape index (κ1) is 17.6. The van der Waals surface area contributed by atoms with Crippen LogP contribution in [0.1, 0.15) is 12.5 Å². The number of halogens is 4. The Morgan fingerprint density at radius 2 is 1.90 bits per heavy atom. The lowest BCUT2D eigenvalue weighted by Gasteiger charge is -2.30. The minimum Gasteiger partial charge on any atom is -0.325 e. The molecule has 0 N–H and O–H groups in total. The first-order valence-electron chi connectivity index (χ1n) is 5.70. The molecule has 21 heavy (non-hydrogen) atoms. The average molecular weight is 329 g/mol. The van der Waals surface area contributed by atoms with Gasteiger partial charge in [-0.05, 0) is 6.92 Å². The van der Waals surface area contributed by atoms with E-state index < -0.39 is 41.7 Å². The van der Waals surface area contributed by atoms with Crippen molar-refractivity contribution in [3.8, 4) is 0 Å². The van der Waals surface area contributed by atoms with Gasteiger partial charge >= 0.3 is 11.6 Å². The molecule has 1 aromatic carbocycles. The van der Waals surface area contributed by atoms with Crippen LogP contribution in [0.15, 0.2) is 24.3 Å². The third kappa shape index (κ3) is 3.08. The number of nitrogens with zero attached hydrogens (tertiary/aromatic N) is 1. The summed E-state index contributed by atoms with van der Waals surface area (Å²) in [5.74, 6) is -4.88. The Morgan fingerprint density at radius 1 is 1.33 bits per heavy atom. The van der Waals surface area contributed by atoms with E-state index in [-0.39, 0.29) is 0 Å². The summed E-state index contributed by atoms with van der Waals surface area (Å²) in [7, 11) is -4.97. The van der Waals surface area contributed by atoms with Gasteiger partial charge in [-0.15, -0.1) is 0 Å². The third-order valence-corrected chi connectivity index (χ3v) is 4.73. The smallest absolute Gasteiger partial charge is 0.325 e. The molecule has 0 aromatic heterocycles. The Morgan fingerprint density at radius 3 is 2.38 bits per heavy atom. The van der Waals surface area contributed by atoms with Gasteiger partial charge in [0.25, 0.3) is 13.1 Å². The second-order valence-corrected chi connectivity index (χ2v) is 6.70. The first-order valence-corrected chi connectivity index (χ1v) is 7.77. The van der Waals surface area contributed by atoms with Crippen molar-refractivity contribution in [2.45, 2.75) is 18.5 Å². The van der Waals surface area contributed by atoms with Crippen LogP contribution in [-0.4, -0.2) is 23.9 Å². The molecule has 0 radical (unpaired) electrons. The Balaban J connectivity index is 3.35. The van der Waals surface area contributed by atoms with Gasteiger partial charge in [0, 0.05) is 24.4 Å². The molecule has 5 nitrogen and oxygen atoms in total. The van der Waals surface area contributed by atoms with Gasteiger partial charge in [-0.25, -0.2) is 0 Å². The van der Waals surface area contributed by atoms with Gasteiger partial charge in [0.1, 0.15) is 0 Å². The summed E-state index contributed by atoms with van der Waals surface area (Å²) in [6, 6.07) is 2.65. The summed E-state index contributed by atoms with van der Waals surface area (Å²) in [5, 5.41) is 10.5. The molecule has 0 aliphatic rings. The van der Waals surface area contributed by atoms with Crippen LogP contribution in [0.25, 0.3) is 0 Å². The van der Waals surface area contributed by atoms with Crippen molar-refractivity contribution in [1.29, 1.82) is 0 Å². The molecule has 0 amide bonds. The minimum absolute atomic E-state index is 0.319. The number of rotatable bonds is 6. The molecular weight excluding hydrogens is 317 g/mol. The van der Waals surface area contributed by atoms with Gasteiger partial charge in [-0.1, -0.05) is 12.1 Å². The Labute approximate surface area is 117 Å². The summed E-state index contributed by atoms with van der Waals surface area (Å²) < 4.78 is 71.7. The maximum atomic E-state index is 14.0.